The van der Waals surface area contributed by atoms with Crippen molar-refractivity contribution in [3.8, 4) is 0 Å². The lowest BCUT2D eigenvalue weighted by Crippen LogP contribution is -2.92. The minimum absolute atomic E-state index is 0.186. The number of hydrogen-bond donors (Lipinski definition) is 1. The molecule has 0 aromatic heterocycles. The number of quaternary nitrogens is 1. The van der Waals surface area contributed by atoms with Crippen LogP contribution in [0.5, 0.6) is 0 Å². The normalized spacial score (nSPS) is 13.9. The van der Waals surface area contributed by atoms with Gasteiger partial charge in [0.05, 0.1) is 17.2 Å². The highest BCUT2D eigenvalue weighted by Gasteiger charge is 2.28. The molecule has 0 heterocycles. The van der Waals surface area contributed by atoms with Gasteiger partial charge in [-0.25, -0.2) is 4.79 Å². The Morgan fingerprint density at radius 3 is 2.58 bits per heavy atom. The smallest absolute Gasteiger partial charge is 0.364 e. The molecule has 19 heavy (non-hydrogen) atoms. The molecule has 0 unspecified atom stereocenters. The Kier molecular flexibility index (Phi) is 6.63. The Hall–Kier alpha value is -0.770. The average molecular weight is 305 g/mol. The first kappa shape index (κ1) is 16.3. The van der Waals surface area contributed by atoms with E-state index in [1.807, 2.05) is 24.4 Å². The second-order valence-corrected chi connectivity index (χ2v) is 5.44. The number of halogens is 2. The van der Waals surface area contributed by atoms with Crippen molar-refractivity contribution in [2.24, 2.45) is 5.92 Å². The van der Waals surface area contributed by atoms with Gasteiger partial charge in [-0.3, -0.25) is 0 Å². The summed E-state index contributed by atoms with van der Waals surface area (Å²) in [6, 6.07) is 5.31. The zero-order chi connectivity index (χ0) is 14.4. The SMILES string of the molecule is CC[C@@H](C)[C@H]([NH2+]Cc1ccc(Cl)c(Cl)c1)C(=O)OC. The first-order valence-corrected chi connectivity index (χ1v) is 7.10. The van der Waals surface area contributed by atoms with E-state index in [9.17, 15) is 4.79 Å². The predicted octanol–water partition coefficient (Wildman–Crippen LogP) is 2.64. The van der Waals surface area contributed by atoms with Crippen molar-refractivity contribution in [2.45, 2.75) is 32.9 Å². The van der Waals surface area contributed by atoms with Gasteiger partial charge < -0.3 is 10.1 Å². The Morgan fingerprint density at radius 2 is 2.05 bits per heavy atom. The molecule has 0 spiro atoms. The van der Waals surface area contributed by atoms with Gasteiger partial charge in [0.25, 0.3) is 0 Å². The van der Waals surface area contributed by atoms with Gasteiger partial charge in [-0.1, -0.05) is 43.1 Å². The van der Waals surface area contributed by atoms with E-state index in [1.165, 1.54) is 7.11 Å². The number of hydrogen-bond acceptors (Lipinski definition) is 2. The van der Waals surface area contributed by atoms with E-state index in [0.29, 0.717) is 16.6 Å². The van der Waals surface area contributed by atoms with Crippen LogP contribution < -0.4 is 5.32 Å². The molecule has 106 valence electrons. The topological polar surface area (TPSA) is 42.9 Å². The summed E-state index contributed by atoms with van der Waals surface area (Å²) in [5.74, 6) is 0.0737. The van der Waals surface area contributed by atoms with Crippen LogP contribution in [0.4, 0.5) is 0 Å². The molecular formula is C14H20Cl2NO2+. The Labute approximate surface area is 124 Å². The van der Waals surface area contributed by atoms with E-state index in [4.69, 9.17) is 27.9 Å². The van der Waals surface area contributed by atoms with Gasteiger partial charge in [-0.05, 0) is 18.6 Å². The zero-order valence-electron chi connectivity index (χ0n) is 11.5. The molecule has 3 nitrogen and oxygen atoms in total. The molecule has 2 N–H and O–H groups in total. The van der Waals surface area contributed by atoms with Crippen LogP contribution in [0, 0.1) is 5.92 Å². The summed E-state index contributed by atoms with van der Waals surface area (Å²) < 4.78 is 4.85. The van der Waals surface area contributed by atoms with E-state index in [-0.39, 0.29) is 17.9 Å². The molecule has 1 rings (SSSR count). The van der Waals surface area contributed by atoms with Crippen LogP contribution in [0.15, 0.2) is 18.2 Å². The third-order valence-electron chi connectivity index (χ3n) is 3.32. The first-order chi connectivity index (χ1) is 8.99. The maximum absolute atomic E-state index is 11.8. The molecule has 0 radical (unpaired) electrons. The summed E-state index contributed by atoms with van der Waals surface area (Å²) in [6.45, 7) is 4.78. The highest BCUT2D eigenvalue weighted by molar-refractivity contribution is 6.42. The van der Waals surface area contributed by atoms with Crippen LogP contribution in [0.2, 0.25) is 10.0 Å². The molecular weight excluding hydrogens is 285 g/mol. The third kappa shape index (κ3) is 4.68. The van der Waals surface area contributed by atoms with Gasteiger partial charge in [0, 0.05) is 11.5 Å². The lowest BCUT2D eigenvalue weighted by atomic mass is 9.99. The number of carbonyl (C=O) groups excluding carboxylic acids is 1. The fraction of sp³-hybridized carbons (Fsp3) is 0.500. The fourth-order valence-electron chi connectivity index (χ4n) is 1.88. The van der Waals surface area contributed by atoms with Crippen LogP contribution in [0.3, 0.4) is 0 Å². The minimum atomic E-state index is -0.190. The molecule has 0 aliphatic carbocycles. The molecule has 0 amide bonds. The molecule has 0 aliphatic rings. The van der Waals surface area contributed by atoms with Gasteiger partial charge in [0.1, 0.15) is 6.54 Å². The van der Waals surface area contributed by atoms with Crippen LogP contribution in [-0.2, 0) is 16.1 Å². The van der Waals surface area contributed by atoms with Crippen molar-refractivity contribution in [2.75, 3.05) is 7.11 Å². The quantitative estimate of drug-likeness (QED) is 0.821. The fourth-order valence-corrected chi connectivity index (χ4v) is 2.20. The number of rotatable bonds is 6. The van der Waals surface area contributed by atoms with Crippen LogP contribution in [0.1, 0.15) is 25.8 Å². The Morgan fingerprint density at radius 1 is 1.37 bits per heavy atom. The van der Waals surface area contributed by atoms with Crippen molar-refractivity contribution in [3.63, 3.8) is 0 Å². The van der Waals surface area contributed by atoms with Gasteiger partial charge >= 0.3 is 5.97 Å². The van der Waals surface area contributed by atoms with Crippen molar-refractivity contribution < 1.29 is 14.8 Å². The maximum Gasteiger partial charge on any atom is 0.364 e. The van der Waals surface area contributed by atoms with E-state index in [2.05, 4.69) is 6.92 Å². The van der Waals surface area contributed by atoms with Gasteiger partial charge in [-0.15, -0.1) is 0 Å². The summed E-state index contributed by atoms with van der Waals surface area (Å²) in [5.41, 5.74) is 1.03. The van der Waals surface area contributed by atoms with Gasteiger partial charge in [0.15, 0.2) is 6.04 Å². The largest absolute Gasteiger partial charge is 0.465 e. The monoisotopic (exact) mass is 304 g/mol. The number of methoxy groups -OCH3 is 1. The Bertz CT molecular complexity index is 437. The minimum Gasteiger partial charge on any atom is -0.465 e. The molecule has 0 aliphatic heterocycles. The highest BCUT2D eigenvalue weighted by Crippen LogP contribution is 2.22. The molecule has 0 saturated heterocycles. The number of ether oxygens (including phenoxy) is 1. The van der Waals surface area contributed by atoms with Crippen LogP contribution in [-0.4, -0.2) is 19.1 Å². The van der Waals surface area contributed by atoms with Crippen molar-refractivity contribution in [3.05, 3.63) is 33.8 Å². The number of carbonyl (C=O) groups is 1. The predicted molar refractivity (Wildman–Crippen MR) is 77.4 cm³/mol. The van der Waals surface area contributed by atoms with Crippen LogP contribution >= 0.6 is 23.2 Å². The van der Waals surface area contributed by atoms with Gasteiger partial charge in [0.2, 0.25) is 0 Å². The van der Waals surface area contributed by atoms with Gasteiger partial charge in [-0.2, -0.15) is 0 Å². The van der Waals surface area contributed by atoms with E-state index in [1.54, 1.807) is 6.07 Å². The standard InChI is InChI=1S/C14H19Cl2NO2/c1-4-9(2)13(14(18)19-3)17-8-10-5-6-11(15)12(16)7-10/h5-7,9,13,17H,4,8H2,1-3H3/p+1/t9-,13+/m1/s1. The average Bonchev–Trinajstić information content (AvgIpc) is 2.42. The highest BCUT2D eigenvalue weighted by atomic mass is 35.5. The van der Waals surface area contributed by atoms with Crippen molar-refractivity contribution in [1.29, 1.82) is 0 Å². The first-order valence-electron chi connectivity index (χ1n) is 6.34. The summed E-state index contributed by atoms with van der Waals surface area (Å²) in [7, 11) is 1.42. The van der Waals surface area contributed by atoms with Crippen molar-refractivity contribution >= 4 is 29.2 Å². The maximum atomic E-state index is 11.8. The Balaban J connectivity index is 2.70. The molecule has 0 bridgehead atoms. The zero-order valence-corrected chi connectivity index (χ0v) is 13.0. The molecule has 2 atom stereocenters. The lowest BCUT2D eigenvalue weighted by Gasteiger charge is -2.18. The van der Waals surface area contributed by atoms with Crippen molar-refractivity contribution in [1.82, 2.24) is 0 Å². The van der Waals surface area contributed by atoms with E-state index < -0.39 is 0 Å². The van der Waals surface area contributed by atoms with E-state index >= 15 is 0 Å². The number of nitrogens with two attached hydrogens (primary N) is 1. The summed E-state index contributed by atoms with van der Waals surface area (Å²) >= 11 is 11.8. The molecule has 0 saturated carbocycles. The second-order valence-electron chi connectivity index (χ2n) is 4.62. The third-order valence-corrected chi connectivity index (χ3v) is 4.06. The second kappa shape index (κ2) is 7.73. The molecule has 1 aromatic rings. The van der Waals surface area contributed by atoms with Crippen LogP contribution in [0.25, 0.3) is 0 Å². The summed E-state index contributed by atoms with van der Waals surface area (Å²) in [4.78, 5) is 11.8. The summed E-state index contributed by atoms with van der Waals surface area (Å²) in [5, 5.41) is 3.06. The lowest BCUT2D eigenvalue weighted by molar-refractivity contribution is -0.699. The molecule has 0 fully saturated rings. The van der Waals surface area contributed by atoms with E-state index in [0.717, 1.165) is 12.0 Å². The number of esters is 1. The molecule has 1 aromatic carbocycles. The molecule has 5 heteroatoms. The summed E-state index contributed by atoms with van der Waals surface area (Å²) in [6.07, 6.45) is 0.928. The number of benzene rings is 1.